The second-order valence-electron chi connectivity index (χ2n) is 3.75. The van der Waals surface area contributed by atoms with Gasteiger partial charge in [-0.05, 0) is 30.9 Å². The zero-order chi connectivity index (χ0) is 9.71. The maximum Gasteiger partial charge on any atom is 0.150 e. The fourth-order valence-corrected chi connectivity index (χ4v) is 2.27. The first-order valence-corrected chi connectivity index (χ1v) is 4.74. The van der Waals surface area contributed by atoms with Gasteiger partial charge >= 0.3 is 0 Å². The molecule has 2 aromatic rings. The van der Waals surface area contributed by atoms with Crippen molar-refractivity contribution in [3.63, 3.8) is 0 Å². The average molecular weight is 193 g/mol. The first-order valence-electron chi connectivity index (χ1n) is 4.74. The van der Waals surface area contributed by atoms with Gasteiger partial charge in [-0.3, -0.25) is 0 Å². The number of H-pyrrole nitrogens is 1. The zero-order valence-electron chi connectivity index (χ0n) is 7.53. The van der Waals surface area contributed by atoms with Crippen molar-refractivity contribution in [1.29, 1.82) is 0 Å². The molecule has 0 amide bonds. The van der Waals surface area contributed by atoms with E-state index in [-0.39, 0.29) is 0 Å². The van der Waals surface area contributed by atoms with Crippen molar-refractivity contribution in [2.75, 3.05) is 0 Å². The van der Waals surface area contributed by atoms with Gasteiger partial charge in [-0.1, -0.05) is 0 Å². The van der Waals surface area contributed by atoms with Crippen LogP contribution in [0.25, 0.3) is 10.9 Å². The van der Waals surface area contributed by atoms with Gasteiger partial charge < -0.3 is 4.98 Å². The van der Waals surface area contributed by atoms with E-state index in [9.17, 15) is 8.78 Å². The third kappa shape index (κ3) is 0.924. The topological polar surface area (TPSA) is 15.8 Å². The summed E-state index contributed by atoms with van der Waals surface area (Å²) < 4.78 is 26.3. The maximum absolute atomic E-state index is 13.3. The minimum Gasteiger partial charge on any atom is -0.356 e. The number of benzene rings is 1. The highest BCUT2D eigenvalue weighted by atomic mass is 19.1. The number of aromatic nitrogens is 1. The average Bonchev–Trinajstić information content (AvgIpc) is 2.65. The number of fused-ring (bicyclic) bond motifs is 3. The molecule has 1 aromatic heterocycles. The first kappa shape index (κ1) is 7.97. The van der Waals surface area contributed by atoms with E-state index in [0.717, 1.165) is 42.0 Å². The van der Waals surface area contributed by atoms with Crippen molar-refractivity contribution in [3.8, 4) is 0 Å². The number of halogens is 2. The molecular formula is C11H9F2N. The molecule has 0 radical (unpaired) electrons. The van der Waals surface area contributed by atoms with E-state index in [1.54, 1.807) is 0 Å². The molecule has 1 heterocycles. The van der Waals surface area contributed by atoms with Crippen LogP contribution < -0.4 is 0 Å². The van der Waals surface area contributed by atoms with Crippen LogP contribution in [0.1, 0.15) is 17.7 Å². The minimum absolute atomic E-state index is 0.455. The molecule has 0 spiro atoms. The molecule has 0 saturated heterocycles. The Kier molecular flexibility index (Phi) is 1.46. The van der Waals surface area contributed by atoms with Crippen LogP contribution in [0, 0.1) is 11.6 Å². The molecule has 0 unspecified atom stereocenters. The van der Waals surface area contributed by atoms with E-state index in [2.05, 4.69) is 4.98 Å². The molecule has 0 aliphatic heterocycles. The molecule has 1 N–H and O–H groups in total. The quantitative estimate of drug-likeness (QED) is 0.662. The smallest absolute Gasteiger partial charge is 0.150 e. The highest BCUT2D eigenvalue weighted by Gasteiger charge is 2.19. The Morgan fingerprint density at radius 3 is 2.86 bits per heavy atom. The van der Waals surface area contributed by atoms with Crippen molar-refractivity contribution in [2.45, 2.75) is 19.3 Å². The van der Waals surface area contributed by atoms with Crippen molar-refractivity contribution in [3.05, 3.63) is 35.0 Å². The third-order valence-corrected chi connectivity index (χ3v) is 2.87. The molecule has 72 valence electrons. The number of nitrogens with one attached hydrogen (secondary N) is 1. The molecule has 14 heavy (non-hydrogen) atoms. The Balaban J connectivity index is 2.43. The summed E-state index contributed by atoms with van der Waals surface area (Å²) in [5, 5.41) is 0.718. The summed E-state index contributed by atoms with van der Waals surface area (Å²) in [4.78, 5) is 3.03. The molecule has 3 rings (SSSR count). The summed E-state index contributed by atoms with van der Waals surface area (Å²) in [6.45, 7) is 0. The highest BCUT2D eigenvalue weighted by Crippen LogP contribution is 2.31. The Hall–Kier alpha value is -1.38. The molecule has 1 aromatic carbocycles. The summed E-state index contributed by atoms with van der Waals surface area (Å²) in [6.07, 6.45) is 2.96. The van der Waals surface area contributed by atoms with Crippen LogP contribution in [0.15, 0.2) is 12.1 Å². The van der Waals surface area contributed by atoms with E-state index in [1.165, 1.54) is 6.07 Å². The number of aryl methyl sites for hydroxylation is 2. The summed E-state index contributed by atoms with van der Waals surface area (Å²) in [5.41, 5.74) is 2.62. The van der Waals surface area contributed by atoms with Crippen LogP contribution in [0.3, 0.4) is 0 Å². The lowest BCUT2D eigenvalue weighted by Gasteiger charge is -1.96. The van der Waals surface area contributed by atoms with Crippen LogP contribution in [0.5, 0.6) is 0 Å². The number of hydrogen-bond donors (Lipinski definition) is 1. The van der Waals surface area contributed by atoms with Crippen molar-refractivity contribution < 1.29 is 8.78 Å². The van der Waals surface area contributed by atoms with E-state index >= 15 is 0 Å². The number of rotatable bonds is 0. The Morgan fingerprint density at radius 2 is 2.00 bits per heavy atom. The summed E-state index contributed by atoms with van der Waals surface area (Å²) in [7, 11) is 0. The molecule has 0 bridgehead atoms. The van der Waals surface area contributed by atoms with Crippen LogP contribution in [0.2, 0.25) is 0 Å². The van der Waals surface area contributed by atoms with Crippen LogP contribution in [-0.4, -0.2) is 4.98 Å². The van der Waals surface area contributed by atoms with Gasteiger partial charge in [0, 0.05) is 17.1 Å². The lowest BCUT2D eigenvalue weighted by atomic mass is 10.1. The minimum atomic E-state index is -0.497. The van der Waals surface area contributed by atoms with E-state index < -0.39 is 11.6 Å². The second-order valence-corrected chi connectivity index (χ2v) is 3.75. The largest absolute Gasteiger partial charge is 0.356 e. The van der Waals surface area contributed by atoms with Crippen LogP contribution >= 0.6 is 0 Å². The van der Waals surface area contributed by atoms with Crippen molar-refractivity contribution in [1.82, 2.24) is 4.98 Å². The fourth-order valence-electron chi connectivity index (χ4n) is 2.27. The predicted octanol–water partition coefficient (Wildman–Crippen LogP) is 2.93. The summed E-state index contributed by atoms with van der Waals surface area (Å²) in [6, 6.07) is 2.34. The SMILES string of the molecule is Fc1cc(F)c2[nH]c3c(c2c1)CCC3. The second kappa shape index (κ2) is 2.56. The van der Waals surface area contributed by atoms with Gasteiger partial charge in [0.15, 0.2) is 0 Å². The molecule has 0 fully saturated rings. The Bertz CT molecular complexity index is 513. The molecule has 1 nitrogen and oxygen atoms in total. The Morgan fingerprint density at radius 1 is 1.14 bits per heavy atom. The highest BCUT2D eigenvalue weighted by molar-refractivity contribution is 5.85. The third-order valence-electron chi connectivity index (χ3n) is 2.87. The maximum atomic E-state index is 13.3. The molecule has 1 aliphatic rings. The predicted molar refractivity (Wildman–Crippen MR) is 50.2 cm³/mol. The molecule has 1 aliphatic carbocycles. The van der Waals surface area contributed by atoms with E-state index in [1.807, 2.05) is 0 Å². The van der Waals surface area contributed by atoms with Gasteiger partial charge in [0.25, 0.3) is 0 Å². The van der Waals surface area contributed by atoms with Gasteiger partial charge in [-0.15, -0.1) is 0 Å². The molecule has 3 heteroatoms. The van der Waals surface area contributed by atoms with Crippen LogP contribution in [-0.2, 0) is 12.8 Å². The standard InChI is InChI=1S/C11H9F2N/c12-6-4-8-7-2-1-3-10(7)14-11(8)9(13)5-6/h4-5,14H,1-3H2. The van der Waals surface area contributed by atoms with Crippen molar-refractivity contribution in [2.24, 2.45) is 0 Å². The molecule has 0 atom stereocenters. The van der Waals surface area contributed by atoms with E-state index in [0.29, 0.717) is 5.52 Å². The summed E-state index contributed by atoms with van der Waals surface area (Å²) >= 11 is 0. The van der Waals surface area contributed by atoms with E-state index in [4.69, 9.17) is 0 Å². The summed E-state index contributed by atoms with van der Waals surface area (Å²) in [5.74, 6) is -0.988. The normalized spacial score (nSPS) is 15.0. The fraction of sp³-hybridized carbons (Fsp3) is 0.273. The number of aromatic amines is 1. The van der Waals surface area contributed by atoms with Gasteiger partial charge in [0.2, 0.25) is 0 Å². The monoisotopic (exact) mass is 193 g/mol. The van der Waals surface area contributed by atoms with Gasteiger partial charge in [-0.25, -0.2) is 8.78 Å². The van der Waals surface area contributed by atoms with Gasteiger partial charge in [0.1, 0.15) is 11.6 Å². The molecule has 0 saturated carbocycles. The molecular weight excluding hydrogens is 184 g/mol. The van der Waals surface area contributed by atoms with Crippen LogP contribution in [0.4, 0.5) is 8.78 Å². The lowest BCUT2D eigenvalue weighted by Crippen LogP contribution is -1.84. The van der Waals surface area contributed by atoms with Gasteiger partial charge in [0.05, 0.1) is 5.52 Å². The Labute approximate surface area is 79.7 Å². The first-order chi connectivity index (χ1) is 6.75. The van der Waals surface area contributed by atoms with Gasteiger partial charge in [-0.2, -0.15) is 0 Å². The zero-order valence-corrected chi connectivity index (χ0v) is 7.53. The lowest BCUT2D eigenvalue weighted by molar-refractivity contribution is 0.590. The number of hydrogen-bond acceptors (Lipinski definition) is 0. The van der Waals surface area contributed by atoms with Crippen molar-refractivity contribution >= 4 is 10.9 Å².